The lowest BCUT2D eigenvalue weighted by Crippen LogP contribution is -2.39. The topological polar surface area (TPSA) is 75.3 Å². The lowest BCUT2D eigenvalue weighted by atomic mass is 10.1. The Morgan fingerprint density at radius 2 is 2.31 bits per heavy atom. The minimum Gasteiger partial charge on any atom is -0.382 e. The van der Waals surface area contributed by atoms with Crippen LogP contribution in [0.3, 0.4) is 0 Å². The summed E-state index contributed by atoms with van der Waals surface area (Å²) >= 11 is 0. The average Bonchev–Trinajstić information content (AvgIpc) is 2.28. The van der Waals surface area contributed by atoms with E-state index in [0.717, 1.165) is 6.42 Å². The second-order valence-corrected chi connectivity index (χ2v) is 3.78. The molecule has 4 heteroatoms. The largest absolute Gasteiger partial charge is 0.382 e. The molecule has 0 aliphatic rings. The van der Waals surface area contributed by atoms with Gasteiger partial charge in [-0.2, -0.15) is 0 Å². The Bertz CT molecular complexity index is 353. The Balaban J connectivity index is 2.33. The zero-order chi connectivity index (χ0) is 12.0. The van der Waals surface area contributed by atoms with Crippen molar-refractivity contribution < 1.29 is 9.90 Å². The van der Waals surface area contributed by atoms with Crippen molar-refractivity contribution in [3.63, 3.8) is 0 Å². The van der Waals surface area contributed by atoms with E-state index < -0.39 is 12.0 Å². The van der Waals surface area contributed by atoms with Gasteiger partial charge in [0, 0.05) is 13.1 Å². The van der Waals surface area contributed by atoms with Gasteiger partial charge in [-0.15, -0.1) is 0 Å². The highest BCUT2D eigenvalue weighted by atomic mass is 16.3. The van der Waals surface area contributed by atoms with Crippen molar-refractivity contribution in [2.75, 3.05) is 13.1 Å². The van der Waals surface area contributed by atoms with Crippen LogP contribution < -0.4 is 11.1 Å². The van der Waals surface area contributed by atoms with Gasteiger partial charge in [-0.1, -0.05) is 29.8 Å². The minimum absolute atomic E-state index is 0.0454. The fourth-order valence-corrected chi connectivity index (χ4v) is 1.42. The number of aliphatic hydroxyl groups excluding tert-OH is 1. The highest BCUT2D eigenvalue weighted by Gasteiger charge is 2.11. The summed E-state index contributed by atoms with van der Waals surface area (Å²) in [6.07, 6.45) is -0.345. The van der Waals surface area contributed by atoms with Gasteiger partial charge in [0.15, 0.2) is 0 Å². The molecule has 0 heterocycles. The number of amides is 1. The molecule has 1 atom stereocenters. The lowest BCUT2D eigenvalue weighted by Gasteiger charge is -2.09. The summed E-state index contributed by atoms with van der Waals surface area (Å²) < 4.78 is 0. The van der Waals surface area contributed by atoms with Crippen LogP contribution >= 0.6 is 0 Å². The number of carbonyl (C=O) groups excluding carboxylic acids is 1. The molecular weight excluding hydrogens is 204 g/mol. The number of hydrogen-bond acceptors (Lipinski definition) is 3. The van der Waals surface area contributed by atoms with Gasteiger partial charge >= 0.3 is 0 Å². The Kier molecular flexibility index (Phi) is 4.95. The van der Waals surface area contributed by atoms with Crippen molar-refractivity contribution in [3.05, 3.63) is 35.4 Å². The molecule has 16 heavy (non-hydrogen) atoms. The van der Waals surface area contributed by atoms with E-state index in [-0.39, 0.29) is 6.54 Å². The zero-order valence-corrected chi connectivity index (χ0v) is 9.44. The maximum Gasteiger partial charge on any atom is 0.250 e. The Morgan fingerprint density at radius 1 is 1.56 bits per heavy atom. The molecule has 1 amide bonds. The average molecular weight is 222 g/mol. The van der Waals surface area contributed by atoms with Crippen LogP contribution in [0.15, 0.2) is 24.3 Å². The van der Waals surface area contributed by atoms with Crippen LogP contribution in [0.5, 0.6) is 0 Å². The first-order valence-corrected chi connectivity index (χ1v) is 5.35. The molecule has 0 saturated heterocycles. The van der Waals surface area contributed by atoms with Gasteiger partial charge in [0.1, 0.15) is 6.10 Å². The van der Waals surface area contributed by atoms with E-state index in [9.17, 15) is 4.79 Å². The molecule has 0 radical (unpaired) electrons. The number of aryl methyl sites for hydroxylation is 1. The first-order valence-electron chi connectivity index (χ1n) is 5.35. The van der Waals surface area contributed by atoms with Gasteiger partial charge in [-0.3, -0.25) is 4.79 Å². The molecule has 1 aromatic carbocycles. The molecule has 0 saturated carbocycles. The van der Waals surface area contributed by atoms with E-state index in [2.05, 4.69) is 11.4 Å². The summed E-state index contributed by atoms with van der Waals surface area (Å²) in [6, 6.07) is 8.10. The predicted octanol–water partition coefficient (Wildman–Crippen LogP) is -0.0267. The standard InChI is InChI=1S/C12H18N2O2/c1-9-3-2-4-10(7-9)5-6-14-12(16)11(15)8-13/h2-4,7,11,15H,5-6,8,13H2,1H3,(H,14,16). The smallest absolute Gasteiger partial charge is 0.250 e. The van der Waals surface area contributed by atoms with Crippen molar-refractivity contribution in [2.45, 2.75) is 19.4 Å². The van der Waals surface area contributed by atoms with Crippen molar-refractivity contribution in [1.82, 2.24) is 5.32 Å². The number of nitrogens with one attached hydrogen (secondary N) is 1. The molecule has 4 N–H and O–H groups in total. The Labute approximate surface area is 95.5 Å². The van der Waals surface area contributed by atoms with Crippen molar-refractivity contribution in [2.24, 2.45) is 5.73 Å². The van der Waals surface area contributed by atoms with Crippen LogP contribution in [-0.4, -0.2) is 30.2 Å². The van der Waals surface area contributed by atoms with E-state index in [0.29, 0.717) is 6.54 Å². The lowest BCUT2D eigenvalue weighted by molar-refractivity contribution is -0.128. The molecular formula is C12H18N2O2. The van der Waals surface area contributed by atoms with Gasteiger partial charge in [0.05, 0.1) is 0 Å². The highest BCUT2D eigenvalue weighted by molar-refractivity contribution is 5.80. The molecule has 0 aliphatic carbocycles. The molecule has 0 fully saturated rings. The number of carbonyl (C=O) groups is 1. The summed E-state index contributed by atoms with van der Waals surface area (Å²) in [5.74, 6) is -0.407. The first-order chi connectivity index (χ1) is 7.63. The van der Waals surface area contributed by atoms with E-state index in [1.54, 1.807) is 0 Å². The van der Waals surface area contributed by atoms with E-state index in [1.165, 1.54) is 11.1 Å². The number of rotatable bonds is 5. The van der Waals surface area contributed by atoms with E-state index in [1.807, 2.05) is 25.1 Å². The third-order valence-electron chi connectivity index (χ3n) is 2.32. The summed E-state index contributed by atoms with van der Waals surface area (Å²) in [5.41, 5.74) is 7.53. The van der Waals surface area contributed by atoms with Crippen molar-refractivity contribution in [3.8, 4) is 0 Å². The molecule has 0 bridgehead atoms. The second-order valence-electron chi connectivity index (χ2n) is 3.78. The molecule has 4 nitrogen and oxygen atoms in total. The van der Waals surface area contributed by atoms with Crippen molar-refractivity contribution in [1.29, 1.82) is 0 Å². The number of hydrogen-bond donors (Lipinski definition) is 3. The molecule has 88 valence electrons. The normalized spacial score (nSPS) is 12.2. The molecule has 1 rings (SSSR count). The second kappa shape index (κ2) is 6.25. The summed E-state index contributed by atoms with van der Waals surface area (Å²) in [5, 5.41) is 11.8. The Morgan fingerprint density at radius 3 is 2.94 bits per heavy atom. The van der Waals surface area contributed by atoms with Crippen LogP contribution in [0.1, 0.15) is 11.1 Å². The van der Waals surface area contributed by atoms with Gasteiger partial charge in [-0.25, -0.2) is 0 Å². The SMILES string of the molecule is Cc1cccc(CCNC(=O)C(O)CN)c1. The number of nitrogens with two attached hydrogens (primary N) is 1. The number of benzene rings is 1. The third kappa shape index (κ3) is 4.00. The van der Waals surface area contributed by atoms with Crippen LogP contribution in [0.4, 0.5) is 0 Å². The van der Waals surface area contributed by atoms with Crippen LogP contribution in [0, 0.1) is 6.92 Å². The quantitative estimate of drug-likeness (QED) is 0.655. The van der Waals surface area contributed by atoms with E-state index >= 15 is 0 Å². The van der Waals surface area contributed by atoms with Crippen LogP contribution in [-0.2, 0) is 11.2 Å². The minimum atomic E-state index is -1.10. The van der Waals surface area contributed by atoms with E-state index in [4.69, 9.17) is 10.8 Å². The summed E-state index contributed by atoms with van der Waals surface area (Å²) in [6.45, 7) is 2.50. The van der Waals surface area contributed by atoms with Gasteiger partial charge in [0.25, 0.3) is 0 Å². The van der Waals surface area contributed by atoms with Gasteiger partial charge in [-0.05, 0) is 18.9 Å². The third-order valence-corrected chi connectivity index (χ3v) is 2.32. The van der Waals surface area contributed by atoms with Gasteiger partial charge < -0.3 is 16.2 Å². The zero-order valence-electron chi connectivity index (χ0n) is 9.44. The van der Waals surface area contributed by atoms with Gasteiger partial charge in [0.2, 0.25) is 5.91 Å². The fraction of sp³-hybridized carbons (Fsp3) is 0.417. The first kappa shape index (κ1) is 12.7. The fourth-order valence-electron chi connectivity index (χ4n) is 1.42. The number of aliphatic hydroxyl groups is 1. The maximum absolute atomic E-state index is 11.2. The molecule has 0 aromatic heterocycles. The summed E-state index contributed by atoms with van der Waals surface area (Å²) in [7, 11) is 0. The predicted molar refractivity (Wildman–Crippen MR) is 63.0 cm³/mol. The maximum atomic E-state index is 11.2. The Hall–Kier alpha value is -1.39. The molecule has 1 aromatic rings. The van der Waals surface area contributed by atoms with Crippen molar-refractivity contribution >= 4 is 5.91 Å². The molecule has 0 aliphatic heterocycles. The summed E-state index contributed by atoms with van der Waals surface area (Å²) in [4.78, 5) is 11.2. The highest BCUT2D eigenvalue weighted by Crippen LogP contribution is 2.03. The van der Waals surface area contributed by atoms with Crippen LogP contribution in [0.2, 0.25) is 0 Å². The molecule has 1 unspecified atom stereocenters. The molecule has 0 spiro atoms. The van der Waals surface area contributed by atoms with Crippen LogP contribution in [0.25, 0.3) is 0 Å². The monoisotopic (exact) mass is 222 g/mol.